The molecule has 7 nitrogen and oxygen atoms in total. The third-order valence-electron chi connectivity index (χ3n) is 6.07. The highest BCUT2D eigenvalue weighted by Crippen LogP contribution is 2.32. The first kappa shape index (κ1) is 24.7. The van der Waals surface area contributed by atoms with Crippen molar-refractivity contribution in [2.24, 2.45) is 11.8 Å². The van der Waals surface area contributed by atoms with Crippen LogP contribution >= 0.6 is 0 Å². The largest absolute Gasteiger partial charge is 0.455 e. The summed E-state index contributed by atoms with van der Waals surface area (Å²) in [6.07, 6.45) is 7.44. The number of hydrogen-bond acceptors (Lipinski definition) is 5. The van der Waals surface area contributed by atoms with Crippen molar-refractivity contribution in [2.45, 2.75) is 65.7 Å². The highest BCUT2D eigenvalue weighted by Gasteiger charge is 2.27. The number of amides is 2. The van der Waals surface area contributed by atoms with Gasteiger partial charge in [0, 0.05) is 24.3 Å². The molecule has 1 aromatic rings. The molecular formula is C24H37N3O4. The number of rotatable bonds is 10. The summed E-state index contributed by atoms with van der Waals surface area (Å²) >= 11 is 0. The molecular weight excluding hydrogens is 394 g/mol. The lowest BCUT2D eigenvalue weighted by Gasteiger charge is -2.27. The molecule has 1 aromatic carbocycles. The SMILES string of the molecule is CCCCC1CCC(C(=O)OCC(=O)NNC(=O)c2ccc(N(CC)CC)cc2)CC1. The van der Waals surface area contributed by atoms with Crippen molar-refractivity contribution in [2.75, 3.05) is 24.6 Å². The van der Waals surface area contributed by atoms with E-state index in [0.29, 0.717) is 11.5 Å². The number of anilines is 1. The topological polar surface area (TPSA) is 87.7 Å². The number of unbranched alkanes of at least 4 members (excludes halogenated alkanes) is 1. The van der Waals surface area contributed by atoms with Gasteiger partial charge in [0.1, 0.15) is 0 Å². The van der Waals surface area contributed by atoms with E-state index in [1.807, 2.05) is 12.1 Å². The van der Waals surface area contributed by atoms with Crippen LogP contribution in [-0.4, -0.2) is 37.5 Å². The number of nitrogens with zero attached hydrogens (tertiary/aromatic N) is 1. The highest BCUT2D eigenvalue weighted by molar-refractivity contribution is 5.95. The average Bonchev–Trinajstić information content (AvgIpc) is 2.81. The van der Waals surface area contributed by atoms with E-state index in [2.05, 4.69) is 36.5 Å². The van der Waals surface area contributed by atoms with E-state index in [1.54, 1.807) is 12.1 Å². The zero-order chi connectivity index (χ0) is 22.6. The minimum absolute atomic E-state index is 0.121. The van der Waals surface area contributed by atoms with Crippen molar-refractivity contribution in [3.05, 3.63) is 29.8 Å². The van der Waals surface area contributed by atoms with Gasteiger partial charge in [0.15, 0.2) is 6.61 Å². The Morgan fingerprint density at radius 1 is 0.968 bits per heavy atom. The van der Waals surface area contributed by atoms with Crippen LogP contribution in [0.4, 0.5) is 5.69 Å². The van der Waals surface area contributed by atoms with Crippen molar-refractivity contribution < 1.29 is 19.1 Å². The van der Waals surface area contributed by atoms with Crippen LogP contribution in [0.3, 0.4) is 0 Å². The molecule has 7 heteroatoms. The van der Waals surface area contributed by atoms with E-state index in [1.165, 1.54) is 19.3 Å². The third kappa shape index (κ3) is 7.89. The Labute approximate surface area is 185 Å². The zero-order valence-corrected chi connectivity index (χ0v) is 19.1. The molecule has 0 heterocycles. The van der Waals surface area contributed by atoms with Crippen LogP contribution in [0.15, 0.2) is 24.3 Å². The van der Waals surface area contributed by atoms with E-state index >= 15 is 0 Å². The van der Waals surface area contributed by atoms with Gasteiger partial charge in [0.25, 0.3) is 11.8 Å². The van der Waals surface area contributed by atoms with Crippen molar-refractivity contribution >= 4 is 23.5 Å². The lowest BCUT2D eigenvalue weighted by atomic mass is 9.80. The fourth-order valence-corrected chi connectivity index (χ4v) is 4.08. The first-order chi connectivity index (χ1) is 15.0. The van der Waals surface area contributed by atoms with Crippen molar-refractivity contribution in [3.63, 3.8) is 0 Å². The van der Waals surface area contributed by atoms with Crippen LogP contribution < -0.4 is 15.8 Å². The maximum atomic E-state index is 12.2. The van der Waals surface area contributed by atoms with Gasteiger partial charge < -0.3 is 9.64 Å². The summed E-state index contributed by atoms with van der Waals surface area (Å²) in [5.74, 6) is -0.704. The maximum absolute atomic E-state index is 12.2. The first-order valence-electron chi connectivity index (χ1n) is 11.6. The number of carbonyl (C=O) groups excluding carboxylic acids is 3. The Kier molecular flexibility index (Phi) is 10.3. The van der Waals surface area contributed by atoms with Crippen molar-refractivity contribution in [3.8, 4) is 0 Å². The summed E-state index contributed by atoms with van der Waals surface area (Å²) in [5, 5.41) is 0. The Hall–Kier alpha value is -2.57. The second-order valence-electron chi connectivity index (χ2n) is 8.19. The lowest BCUT2D eigenvalue weighted by molar-refractivity contribution is -0.154. The number of hydrogen-bond donors (Lipinski definition) is 2. The Morgan fingerprint density at radius 3 is 2.19 bits per heavy atom. The van der Waals surface area contributed by atoms with Crippen LogP contribution in [-0.2, 0) is 14.3 Å². The molecule has 2 rings (SSSR count). The van der Waals surface area contributed by atoms with Gasteiger partial charge in [0.2, 0.25) is 0 Å². The molecule has 1 aliphatic carbocycles. The van der Waals surface area contributed by atoms with Crippen LogP contribution in [0.5, 0.6) is 0 Å². The predicted molar refractivity (Wildman–Crippen MR) is 122 cm³/mol. The standard InChI is InChI=1S/C24H37N3O4/c1-4-7-8-18-9-11-20(12-10-18)24(30)31-17-22(28)25-26-23(29)19-13-15-21(16-14-19)27(5-2)6-3/h13-16,18,20H,4-12,17H2,1-3H3,(H,25,28)(H,26,29). The minimum Gasteiger partial charge on any atom is -0.455 e. The maximum Gasteiger partial charge on any atom is 0.309 e. The number of esters is 1. The van der Waals surface area contributed by atoms with E-state index in [9.17, 15) is 14.4 Å². The molecule has 1 fully saturated rings. The van der Waals surface area contributed by atoms with Crippen LogP contribution in [0.2, 0.25) is 0 Å². The van der Waals surface area contributed by atoms with E-state index < -0.39 is 18.4 Å². The number of hydrazine groups is 1. The summed E-state index contributed by atoms with van der Waals surface area (Å²) in [6, 6.07) is 7.18. The van der Waals surface area contributed by atoms with Crippen molar-refractivity contribution in [1.82, 2.24) is 10.9 Å². The summed E-state index contributed by atoms with van der Waals surface area (Å²) in [6.45, 7) is 7.72. The molecule has 0 unspecified atom stereocenters. The summed E-state index contributed by atoms with van der Waals surface area (Å²) in [7, 11) is 0. The van der Waals surface area contributed by atoms with E-state index in [4.69, 9.17) is 4.74 Å². The van der Waals surface area contributed by atoms with Gasteiger partial charge in [0.05, 0.1) is 5.92 Å². The number of nitrogens with one attached hydrogen (secondary N) is 2. The zero-order valence-electron chi connectivity index (χ0n) is 19.1. The molecule has 0 aromatic heterocycles. The summed E-state index contributed by atoms with van der Waals surface area (Å²) < 4.78 is 5.16. The van der Waals surface area contributed by atoms with Gasteiger partial charge in [-0.1, -0.05) is 26.2 Å². The van der Waals surface area contributed by atoms with Crippen LogP contribution in [0.25, 0.3) is 0 Å². The number of carbonyl (C=O) groups is 3. The van der Waals surface area contributed by atoms with Gasteiger partial charge in [-0.2, -0.15) is 0 Å². The molecule has 1 saturated carbocycles. The van der Waals surface area contributed by atoms with Gasteiger partial charge in [-0.15, -0.1) is 0 Å². The number of benzene rings is 1. The van der Waals surface area contributed by atoms with Crippen LogP contribution in [0, 0.1) is 11.8 Å². The van der Waals surface area contributed by atoms with E-state index in [-0.39, 0.29) is 11.9 Å². The average molecular weight is 432 g/mol. The minimum atomic E-state index is -0.557. The molecule has 0 saturated heterocycles. The normalized spacial score (nSPS) is 18.2. The Bertz CT molecular complexity index is 708. The monoisotopic (exact) mass is 431 g/mol. The van der Waals surface area contributed by atoms with E-state index in [0.717, 1.165) is 44.5 Å². The van der Waals surface area contributed by atoms with Crippen LogP contribution in [0.1, 0.15) is 76.1 Å². The fraction of sp³-hybridized carbons (Fsp3) is 0.625. The molecule has 0 aliphatic heterocycles. The molecule has 0 spiro atoms. The lowest BCUT2D eigenvalue weighted by Crippen LogP contribution is -2.43. The van der Waals surface area contributed by atoms with Gasteiger partial charge >= 0.3 is 5.97 Å². The molecule has 2 N–H and O–H groups in total. The summed E-state index contributed by atoms with van der Waals surface area (Å²) in [4.78, 5) is 38.6. The molecule has 1 aliphatic rings. The van der Waals surface area contributed by atoms with Gasteiger partial charge in [-0.3, -0.25) is 25.2 Å². The molecule has 172 valence electrons. The predicted octanol–water partition coefficient (Wildman–Crippen LogP) is 3.83. The second-order valence-corrected chi connectivity index (χ2v) is 8.19. The molecule has 31 heavy (non-hydrogen) atoms. The van der Waals surface area contributed by atoms with Gasteiger partial charge in [-0.25, -0.2) is 0 Å². The quantitative estimate of drug-likeness (QED) is 0.434. The van der Waals surface area contributed by atoms with Crippen molar-refractivity contribution in [1.29, 1.82) is 0 Å². The highest BCUT2D eigenvalue weighted by atomic mass is 16.5. The molecule has 0 radical (unpaired) electrons. The first-order valence-corrected chi connectivity index (χ1v) is 11.6. The smallest absolute Gasteiger partial charge is 0.309 e. The fourth-order valence-electron chi connectivity index (χ4n) is 4.08. The summed E-state index contributed by atoms with van der Waals surface area (Å²) in [5.41, 5.74) is 6.14. The second kappa shape index (κ2) is 13.0. The third-order valence-corrected chi connectivity index (χ3v) is 6.07. The molecule has 0 atom stereocenters. The Morgan fingerprint density at radius 2 is 1.61 bits per heavy atom. The number of ether oxygens (including phenoxy) is 1. The molecule has 0 bridgehead atoms. The van der Waals surface area contributed by atoms with Gasteiger partial charge in [-0.05, 0) is 69.7 Å². The Balaban J connectivity index is 1.68. The molecule has 2 amide bonds.